The Bertz CT molecular complexity index is 1240. The predicted molar refractivity (Wildman–Crippen MR) is 122 cm³/mol. The maximum absolute atomic E-state index is 12.4. The fraction of sp³-hybridized carbons (Fsp3) is 0.160. The summed E-state index contributed by atoms with van der Waals surface area (Å²) in [6.07, 6.45) is 1.57. The molecule has 168 valence electrons. The molecule has 1 aromatic heterocycles. The lowest BCUT2D eigenvalue weighted by Gasteiger charge is -2.11. The fourth-order valence-electron chi connectivity index (χ4n) is 3.77. The van der Waals surface area contributed by atoms with Gasteiger partial charge in [0.05, 0.1) is 0 Å². The zero-order valence-corrected chi connectivity index (χ0v) is 18.2. The fourth-order valence-corrected chi connectivity index (χ4v) is 3.77. The molecule has 2 aromatic carbocycles. The van der Waals surface area contributed by atoms with Crippen molar-refractivity contribution in [1.29, 1.82) is 0 Å². The molecule has 0 atom stereocenters. The molecule has 4 rings (SSSR count). The number of imide groups is 1. The molecule has 8 nitrogen and oxygen atoms in total. The molecule has 0 unspecified atom stereocenters. The van der Waals surface area contributed by atoms with Gasteiger partial charge in [0.15, 0.2) is 0 Å². The molecule has 1 aliphatic rings. The molecule has 1 saturated heterocycles. The van der Waals surface area contributed by atoms with Gasteiger partial charge in [-0.2, -0.15) is 0 Å². The molecule has 3 amide bonds. The number of benzene rings is 2. The number of hydrogen-bond donors (Lipinski definition) is 2. The molecule has 1 aliphatic heterocycles. The van der Waals surface area contributed by atoms with Gasteiger partial charge in [-0.05, 0) is 61.4 Å². The van der Waals surface area contributed by atoms with Crippen LogP contribution in [0.2, 0.25) is 0 Å². The Balaban J connectivity index is 1.53. The second kappa shape index (κ2) is 9.04. The number of carbonyl (C=O) groups excluding carboxylic acids is 2. The normalized spacial score (nSPS) is 14.6. The van der Waals surface area contributed by atoms with E-state index < -0.39 is 24.5 Å². The van der Waals surface area contributed by atoms with E-state index in [1.165, 1.54) is 0 Å². The lowest BCUT2D eigenvalue weighted by molar-refractivity contribution is -0.140. The van der Waals surface area contributed by atoms with Gasteiger partial charge < -0.3 is 19.7 Å². The van der Waals surface area contributed by atoms with E-state index in [-0.39, 0.29) is 5.70 Å². The Morgan fingerprint density at radius 2 is 1.76 bits per heavy atom. The van der Waals surface area contributed by atoms with Crippen molar-refractivity contribution in [3.63, 3.8) is 0 Å². The molecule has 0 radical (unpaired) electrons. The number of ether oxygens (including phenoxy) is 1. The molecular weight excluding hydrogens is 422 g/mol. The van der Waals surface area contributed by atoms with Gasteiger partial charge in [-0.3, -0.25) is 9.59 Å². The Morgan fingerprint density at radius 3 is 2.42 bits per heavy atom. The Hall–Kier alpha value is -4.33. The van der Waals surface area contributed by atoms with Crippen molar-refractivity contribution in [2.45, 2.75) is 20.5 Å². The highest BCUT2D eigenvalue weighted by atomic mass is 16.5. The van der Waals surface area contributed by atoms with Gasteiger partial charge in [0.25, 0.3) is 5.91 Å². The molecule has 0 spiro atoms. The number of aryl methyl sites for hydroxylation is 1. The number of carbonyl (C=O) groups is 3. The topological polar surface area (TPSA) is 101 Å². The second-order valence-corrected chi connectivity index (χ2v) is 7.70. The quantitative estimate of drug-likeness (QED) is 0.427. The lowest BCUT2D eigenvalue weighted by atomic mass is 10.2. The molecule has 3 aromatic rings. The van der Waals surface area contributed by atoms with Crippen LogP contribution in [0, 0.1) is 13.8 Å². The largest absolute Gasteiger partial charge is 0.489 e. The Labute approximate surface area is 190 Å². The van der Waals surface area contributed by atoms with Gasteiger partial charge >= 0.3 is 12.0 Å². The van der Waals surface area contributed by atoms with Crippen LogP contribution in [0.3, 0.4) is 0 Å². The number of nitrogens with one attached hydrogen (secondary N) is 1. The third-order valence-corrected chi connectivity index (χ3v) is 5.37. The van der Waals surface area contributed by atoms with Gasteiger partial charge in [-0.25, -0.2) is 9.69 Å². The number of hydrogen-bond acceptors (Lipinski definition) is 4. The number of aliphatic carboxylic acids is 1. The molecule has 0 aliphatic carbocycles. The van der Waals surface area contributed by atoms with Gasteiger partial charge in [0.1, 0.15) is 24.6 Å². The highest BCUT2D eigenvalue weighted by Gasteiger charge is 2.35. The molecule has 33 heavy (non-hydrogen) atoms. The van der Waals surface area contributed by atoms with Crippen LogP contribution in [0.4, 0.5) is 4.79 Å². The van der Waals surface area contributed by atoms with E-state index >= 15 is 0 Å². The highest BCUT2D eigenvalue weighted by Crippen LogP contribution is 2.25. The summed E-state index contributed by atoms with van der Waals surface area (Å²) in [4.78, 5) is 35.9. The van der Waals surface area contributed by atoms with E-state index in [0.717, 1.165) is 34.0 Å². The van der Waals surface area contributed by atoms with Gasteiger partial charge in [0, 0.05) is 17.1 Å². The summed E-state index contributed by atoms with van der Waals surface area (Å²) < 4.78 is 7.89. The first kappa shape index (κ1) is 21.9. The van der Waals surface area contributed by atoms with Crippen molar-refractivity contribution in [3.8, 4) is 11.4 Å². The number of aromatic nitrogens is 1. The minimum atomic E-state index is -1.26. The minimum absolute atomic E-state index is 0.0474. The summed E-state index contributed by atoms with van der Waals surface area (Å²) in [6, 6.07) is 18.8. The molecule has 2 N–H and O–H groups in total. The van der Waals surface area contributed by atoms with Crippen molar-refractivity contribution in [2.24, 2.45) is 0 Å². The van der Waals surface area contributed by atoms with Crippen LogP contribution in [-0.4, -0.2) is 39.0 Å². The number of carboxylic acids is 1. The summed E-state index contributed by atoms with van der Waals surface area (Å²) in [7, 11) is 0. The van der Waals surface area contributed by atoms with E-state index in [0.29, 0.717) is 11.5 Å². The summed E-state index contributed by atoms with van der Waals surface area (Å²) in [6.45, 7) is 3.66. The monoisotopic (exact) mass is 445 g/mol. The van der Waals surface area contributed by atoms with Crippen LogP contribution in [0.25, 0.3) is 11.8 Å². The van der Waals surface area contributed by atoms with Crippen LogP contribution in [0.5, 0.6) is 5.75 Å². The van der Waals surface area contributed by atoms with Gasteiger partial charge in [-0.1, -0.05) is 30.3 Å². The zero-order chi connectivity index (χ0) is 23.5. The molecular formula is C25H23N3O5. The summed E-state index contributed by atoms with van der Waals surface area (Å²) in [5.74, 6) is -1.16. The average molecular weight is 445 g/mol. The first-order valence-electron chi connectivity index (χ1n) is 10.4. The highest BCUT2D eigenvalue weighted by molar-refractivity contribution is 6.15. The van der Waals surface area contributed by atoms with E-state index in [1.807, 2.05) is 79.1 Å². The molecule has 0 saturated carbocycles. The van der Waals surface area contributed by atoms with Crippen LogP contribution in [0.1, 0.15) is 22.5 Å². The number of rotatable bonds is 7. The Morgan fingerprint density at radius 1 is 1.06 bits per heavy atom. The second-order valence-electron chi connectivity index (χ2n) is 7.70. The first-order valence-corrected chi connectivity index (χ1v) is 10.4. The van der Waals surface area contributed by atoms with Crippen LogP contribution < -0.4 is 10.1 Å². The molecule has 0 bridgehead atoms. The predicted octanol–water partition coefficient (Wildman–Crippen LogP) is 3.65. The minimum Gasteiger partial charge on any atom is -0.489 e. The van der Waals surface area contributed by atoms with Crippen LogP contribution in [-0.2, 0) is 16.2 Å². The summed E-state index contributed by atoms with van der Waals surface area (Å²) in [5.41, 5.74) is 4.62. The number of urea groups is 1. The zero-order valence-electron chi connectivity index (χ0n) is 18.2. The van der Waals surface area contributed by atoms with E-state index in [2.05, 4.69) is 5.32 Å². The van der Waals surface area contributed by atoms with Crippen molar-refractivity contribution < 1.29 is 24.2 Å². The molecule has 1 fully saturated rings. The Kier molecular flexibility index (Phi) is 5.99. The lowest BCUT2D eigenvalue weighted by Crippen LogP contribution is -2.35. The number of carboxylic acid groups (broad SMARTS) is 1. The first-order chi connectivity index (χ1) is 15.8. The van der Waals surface area contributed by atoms with E-state index in [4.69, 9.17) is 9.84 Å². The standard InChI is InChI=1S/C25H23N3O5/c1-16-12-19(13-22-24(31)27(14-23(29)30)25(32)26-22)17(2)28(16)20-8-10-21(11-9-20)33-15-18-6-4-3-5-7-18/h3-13H,14-15H2,1-2H3,(H,26,32)(H,29,30)/b22-13+. The smallest absolute Gasteiger partial charge is 0.329 e. The van der Waals surface area contributed by atoms with Crippen molar-refractivity contribution >= 4 is 24.0 Å². The van der Waals surface area contributed by atoms with E-state index in [9.17, 15) is 14.4 Å². The third-order valence-electron chi connectivity index (χ3n) is 5.37. The number of amides is 3. The van der Waals surface area contributed by atoms with E-state index in [1.54, 1.807) is 6.08 Å². The number of nitrogens with zero attached hydrogens (tertiary/aromatic N) is 2. The van der Waals surface area contributed by atoms with Crippen molar-refractivity contribution in [3.05, 3.63) is 88.9 Å². The third kappa shape index (κ3) is 4.64. The average Bonchev–Trinajstić information content (AvgIpc) is 3.22. The maximum atomic E-state index is 12.4. The van der Waals surface area contributed by atoms with Gasteiger partial charge in [-0.15, -0.1) is 0 Å². The van der Waals surface area contributed by atoms with Crippen molar-refractivity contribution in [2.75, 3.05) is 6.54 Å². The molecule has 8 heteroatoms. The molecule has 2 heterocycles. The van der Waals surface area contributed by atoms with Crippen LogP contribution in [0.15, 0.2) is 66.4 Å². The van der Waals surface area contributed by atoms with Gasteiger partial charge in [0.2, 0.25) is 0 Å². The van der Waals surface area contributed by atoms with Crippen molar-refractivity contribution in [1.82, 2.24) is 14.8 Å². The summed E-state index contributed by atoms with van der Waals surface area (Å²) in [5, 5.41) is 11.3. The summed E-state index contributed by atoms with van der Waals surface area (Å²) >= 11 is 0. The van der Waals surface area contributed by atoms with Crippen LogP contribution >= 0.6 is 0 Å². The maximum Gasteiger partial charge on any atom is 0.329 e. The SMILES string of the molecule is Cc1cc(/C=C2/NC(=O)N(CC(=O)O)C2=O)c(C)n1-c1ccc(OCc2ccccc2)cc1.